The van der Waals surface area contributed by atoms with E-state index in [4.69, 9.17) is 23.4 Å². The molecule has 5 rings (SSSR count). The number of fused-ring (bicyclic) bond motifs is 1. The molecule has 10 atom stereocenters. The molecule has 0 bridgehead atoms. The molecular formula is C27H28O17. The van der Waals surface area contributed by atoms with E-state index in [1.807, 2.05) is 0 Å². The van der Waals surface area contributed by atoms with E-state index < -0.39 is 96.7 Å². The standard InChI is InChI=1S/C27H28O17/c28-10-2-1-8(3-11(10)29)14-6-13(31)17-12(30)4-9(5-15(17)42-14)41-27-23(37)19(33)18(32)16(43-27)7-40-26-22(36)20(34)21(35)24(44-26)25(38)39/h1-6,16,18-24,26-30,32-37H,7H2,(H,38,39)/t16-,18-,19+,20+,21+,22-,23-,24-,26+,27-/m1/s1. The summed E-state index contributed by atoms with van der Waals surface area (Å²) in [4.78, 5) is 24.1. The van der Waals surface area contributed by atoms with Crippen LogP contribution in [0.5, 0.6) is 23.0 Å². The molecule has 0 spiro atoms. The summed E-state index contributed by atoms with van der Waals surface area (Å²) in [5.74, 6) is -3.41. The molecule has 0 saturated carbocycles. The predicted molar refractivity (Wildman–Crippen MR) is 140 cm³/mol. The Morgan fingerprint density at radius 2 is 1.43 bits per heavy atom. The molecule has 44 heavy (non-hydrogen) atoms. The molecule has 2 saturated heterocycles. The quantitative estimate of drug-likeness (QED) is 0.123. The van der Waals surface area contributed by atoms with E-state index in [0.717, 1.165) is 24.3 Å². The third kappa shape index (κ3) is 5.87. The van der Waals surface area contributed by atoms with Gasteiger partial charge in [-0.2, -0.15) is 0 Å². The van der Waals surface area contributed by atoms with Crippen molar-refractivity contribution in [3.8, 4) is 34.3 Å². The topological polar surface area (TPSA) is 286 Å². The highest BCUT2D eigenvalue weighted by Crippen LogP contribution is 2.35. The Bertz CT molecular complexity index is 1590. The molecule has 0 radical (unpaired) electrons. The molecule has 10 N–H and O–H groups in total. The molecule has 0 amide bonds. The van der Waals surface area contributed by atoms with Crippen LogP contribution in [0.1, 0.15) is 0 Å². The molecule has 3 aromatic rings. The minimum atomic E-state index is -1.97. The van der Waals surface area contributed by atoms with Gasteiger partial charge in [-0.3, -0.25) is 4.79 Å². The number of benzene rings is 2. The minimum absolute atomic E-state index is 0.0473. The number of carboxylic acid groups (broad SMARTS) is 1. The minimum Gasteiger partial charge on any atom is -0.507 e. The number of carboxylic acids is 1. The van der Waals surface area contributed by atoms with E-state index in [1.54, 1.807) is 0 Å². The molecule has 2 aromatic carbocycles. The highest BCUT2D eigenvalue weighted by atomic mass is 16.7. The van der Waals surface area contributed by atoms with Crippen LogP contribution in [0.2, 0.25) is 0 Å². The van der Waals surface area contributed by atoms with E-state index >= 15 is 0 Å². The summed E-state index contributed by atoms with van der Waals surface area (Å²) in [6.45, 7) is -0.706. The summed E-state index contributed by atoms with van der Waals surface area (Å²) in [6.07, 6.45) is -18.4. The summed E-state index contributed by atoms with van der Waals surface area (Å²) >= 11 is 0. The maximum Gasteiger partial charge on any atom is 0.335 e. The van der Waals surface area contributed by atoms with E-state index in [9.17, 15) is 60.7 Å². The van der Waals surface area contributed by atoms with Crippen molar-refractivity contribution in [3.63, 3.8) is 0 Å². The normalized spacial score (nSPS) is 32.4. The number of carbonyl (C=O) groups is 1. The fraction of sp³-hybridized carbons (Fsp3) is 0.407. The lowest BCUT2D eigenvalue weighted by atomic mass is 9.98. The van der Waals surface area contributed by atoms with E-state index in [-0.39, 0.29) is 28.0 Å². The SMILES string of the molecule is O=C(O)[C@@H]1O[C@H](OC[C@H]2O[C@@H](Oc3cc(O)c4c(=O)cc(-c5ccc(O)c(O)c5)oc4c3)[C@H](O)[C@@H](O)[C@@H]2O)[C@H](O)[C@@H](O)[C@@H]1O. The van der Waals surface area contributed by atoms with E-state index in [0.29, 0.717) is 0 Å². The smallest absolute Gasteiger partial charge is 0.335 e. The van der Waals surface area contributed by atoms with Gasteiger partial charge in [0.2, 0.25) is 6.29 Å². The maximum absolute atomic E-state index is 12.7. The van der Waals surface area contributed by atoms with Gasteiger partial charge in [-0.1, -0.05) is 0 Å². The van der Waals surface area contributed by atoms with Crippen LogP contribution in [0.3, 0.4) is 0 Å². The Morgan fingerprint density at radius 3 is 2.11 bits per heavy atom. The van der Waals surface area contributed by atoms with Gasteiger partial charge in [-0.05, 0) is 18.2 Å². The lowest BCUT2D eigenvalue weighted by Gasteiger charge is -2.42. The Hall–Kier alpha value is -4.04. The summed E-state index contributed by atoms with van der Waals surface area (Å²) in [7, 11) is 0. The highest BCUT2D eigenvalue weighted by Gasteiger charge is 2.49. The Balaban J connectivity index is 1.36. The zero-order valence-corrected chi connectivity index (χ0v) is 22.3. The van der Waals surface area contributed by atoms with Crippen LogP contribution in [0, 0.1) is 0 Å². The third-order valence-corrected chi connectivity index (χ3v) is 7.20. The Morgan fingerprint density at radius 1 is 0.750 bits per heavy atom. The number of aromatic hydroxyl groups is 3. The second-order valence-electron chi connectivity index (χ2n) is 10.2. The van der Waals surface area contributed by atoms with Gasteiger partial charge in [0, 0.05) is 23.8 Å². The number of phenolic OH excluding ortho intramolecular Hbond substituents is 3. The largest absolute Gasteiger partial charge is 0.507 e. The first-order valence-corrected chi connectivity index (χ1v) is 13.0. The molecular weight excluding hydrogens is 596 g/mol. The average molecular weight is 625 g/mol. The first-order valence-electron chi connectivity index (χ1n) is 13.0. The van der Waals surface area contributed by atoms with Crippen molar-refractivity contribution < 1.29 is 79.2 Å². The molecule has 3 heterocycles. The number of hydrogen-bond acceptors (Lipinski definition) is 16. The van der Waals surface area contributed by atoms with Gasteiger partial charge < -0.3 is 74.4 Å². The van der Waals surface area contributed by atoms with Crippen molar-refractivity contribution in [2.24, 2.45) is 0 Å². The number of aliphatic carboxylic acids is 1. The second kappa shape index (κ2) is 12.2. The van der Waals surface area contributed by atoms with E-state index in [2.05, 4.69) is 0 Å². The summed E-state index contributed by atoms with van der Waals surface area (Å²) in [5, 5.41) is 100. The maximum atomic E-state index is 12.7. The van der Waals surface area contributed by atoms with Gasteiger partial charge in [0.25, 0.3) is 0 Å². The summed E-state index contributed by atoms with van der Waals surface area (Å²) in [6, 6.07) is 6.88. The lowest BCUT2D eigenvalue weighted by molar-refractivity contribution is -0.318. The van der Waals surface area contributed by atoms with Gasteiger partial charge >= 0.3 is 5.97 Å². The number of rotatable bonds is 7. The van der Waals surface area contributed by atoms with Crippen LogP contribution < -0.4 is 10.2 Å². The first kappa shape index (κ1) is 31.4. The van der Waals surface area contributed by atoms with Crippen molar-refractivity contribution in [2.45, 2.75) is 61.4 Å². The van der Waals surface area contributed by atoms with Crippen molar-refractivity contribution in [2.75, 3.05) is 6.61 Å². The lowest BCUT2D eigenvalue weighted by Crippen LogP contribution is -2.62. The molecule has 238 valence electrons. The van der Waals surface area contributed by atoms with Crippen LogP contribution in [-0.4, -0.2) is 125 Å². The Kier molecular flexibility index (Phi) is 8.67. The fourth-order valence-electron chi connectivity index (χ4n) is 4.80. The van der Waals surface area contributed by atoms with Gasteiger partial charge in [0.15, 0.2) is 29.3 Å². The molecule has 0 unspecified atom stereocenters. The number of phenols is 3. The molecule has 0 aliphatic carbocycles. The number of ether oxygens (including phenoxy) is 4. The summed E-state index contributed by atoms with van der Waals surface area (Å²) < 4.78 is 27.1. The van der Waals surface area contributed by atoms with Crippen molar-refractivity contribution in [1.29, 1.82) is 0 Å². The number of aliphatic hydroxyl groups is 6. The summed E-state index contributed by atoms with van der Waals surface area (Å²) in [5.41, 5.74) is -0.657. The molecule has 2 aliphatic heterocycles. The fourth-order valence-corrected chi connectivity index (χ4v) is 4.80. The van der Waals surface area contributed by atoms with Gasteiger partial charge in [0.1, 0.15) is 71.0 Å². The number of aliphatic hydroxyl groups excluding tert-OH is 6. The first-order chi connectivity index (χ1) is 20.8. The molecule has 2 fully saturated rings. The Labute approximate surface area is 245 Å². The van der Waals surface area contributed by atoms with Crippen LogP contribution in [-0.2, 0) is 19.0 Å². The second-order valence-corrected chi connectivity index (χ2v) is 10.2. The van der Waals surface area contributed by atoms with Crippen molar-refractivity contribution >= 4 is 16.9 Å². The van der Waals surface area contributed by atoms with Crippen molar-refractivity contribution in [1.82, 2.24) is 0 Å². The molecule has 1 aromatic heterocycles. The monoisotopic (exact) mass is 624 g/mol. The van der Waals surface area contributed by atoms with Gasteiger partial charge in [-0.15, -0.1) is 0 Å². The highest BCUT2D eigenvalue weighted by molar-refractivity contribution is 5.86. The van der Waals surface area contributed by atoms with Crippen LogP contribution in [0.25, 0.3) is 22.3 Å². The van der Waals surface area contributed by atoms with Crippen molar-refractivity contribution in [3.05, 3.63) is 46.6 Å². The average Bonchev–Trinajstić information content (AvgIpc) is 2.97. The molecule has 17 nitrogen and oxygen atoms in total. The van der Waals surface area contributed by atoms with Crippen LogP contribution in [0.4, 0.5) is 0 Å². The zero-order chi connectivity index (χ0) is 32.0. The number of hydrogen-bond donors (Lipinski definition) is 10. The van der Waals surface area contributed by atoms with Crippen LogP contribution in [0.15, 0.2) is 45.6 Å². The predicted octanol–water partition coefficient (Wildman–Crippen LogP) is -2.33. The zero-order valence-electron chi connectivity index (χ0n) is 22.3. The molecule has 17 heteroatoms. The van der Waals surface area contributed by atoms with Gasteiger partial charge in [0.05, 0.1) is 6.61 Å². The third-order valence-electron chi connectivity index (χ3n) is 7.20. The molecule has 2 aliphatic rings. The van der Waals surface area contributed by atoms with Gasteiger partial charge in [-0.25, -0.2) is 4.79 Å². The van der Waals surface area contributed by atoms with Crippen LogP contribution >= 0.6 is 0 Å². The van der Waals surface area contributed by atoms with E-state index in [1.165, 1.54) is 12.1 Å².